The van der Waals surface area contributed by atoms with Crippen LogP contribution in [0.5, 0.6) is 0 Å². The van der Waals surface area contributed by atoms with E-state index in [-0.39, 0.29) is 5.69 Å². The summed E-state index contributed by atoms with van der Waals surface area (Å²) in [4.78, 5) is 25.0. The van der Waals surface area contributed by atoms with Gasteiger partial charge in [0.15, 0.2) is 5.69 Å². The van der Waals surface area contributed by atoms with E-state index < -0.39 is 17.4 Å². The number of nitrogens with two attached hydrogens (primary N) is 1. The van der Waals surface area contributed by atoms with Crippen molar-refractivity contribution < 1.29 is 14.7 Å². The Hall–Kier alpha value is -3.63. The van der Waals surface area contributed by atoms with Crippen molar-refractivity contribution in [2.24, 2.45) is 5.73 Å². The molecule has 0 bridgehead atoms. The molecule has 7 nitrogen and oxygen atoms in total. The lowest BCUT2D eigenvalue weighted by molar-refractivity contribution is -0.141. The first kappa shape index (κ1) is 19.1. The highest BCUT2D eigenvalue weighted by molar-refractivity contribution is 6.04. The van der Waals surface area contributed by atoms with Crippen molar-refractivity contribution in [1.82, 2.24) is 14.7 Å². The Balaban J connectivity index is 2.05. The molecule has 3 N–H and O–H groups in total. The number of hydrogen-bond acceptors (Lipinski definition) is 4. The molecule has 0 aliphatic rings. The lowest BCUT2D eigenvalue weighted by atomic mass is 10.1. The second-order valence-corrected chi connectivity index (χ2v) is 6.71. The number of benzene rings is 2. The molecule has 0 fully saturated rings. The highest BCUT2D eigenvalue weighted by atomic mass is 16.3. The van der Waals surface area contributed by atoms with E-state index in [1.807, 2.05) is 24.3 Å². The van der Waals surface area contributed by atoms with Crippen molar-refractivity contribution >= 4 is 22.7 Å². The van der Waals surface area contributed by atoms with Gasteiger partial charge < -0.3 is 15.7 Å². The standard InChI is InChI=1S/C21H20N4O3/c1-21(28,20(27)24(2)3)12-11-14-7-6-8-15(13-14)25-17-10-5-4-9-16(17)18(23-25)19(22)26/h4-10,13,28H,1-3H3,(H2,22,26). The van der Waals surface area contributed by atoms with Crippen molar-refractivity contribution in [3.8, 4) is 17.5 Å². The van der Waals surface area contributed by atoms with Crippen molar-refractivity contribution in [2.75, 3.05) is 14.1 Å². The van der Waals surface area contributed by atoms with Crippen molar-refractivity contribution in [2.45, 2.75) is 12.5 Å². The maximum absolute atomic E-state index is 12.0. The zero-order valence-corrected chi connectivity index (χ0v) is 15.8. The van der Waals surface area contributed by atoms with Gasteiger partial charge in [0, 0.05) is 25.0 Å². The lowest BCUT2D eigenvalue weighted by Gasteiger charge is -2.20. The van der Waals surface area contributed by atoms with Gasteiger partial charge in [-0.1, -0.05) is 36.1 Å². The summed E-state index contributed by atoms with van der Waals surface area (Å²) in [6.07, 6.45) is 0. The van der Waals surface area contributed by atoms with Gasteiger partial charge >= 0.3 is 0 Å². The minimum atomic E-state index is -1.79. The Bertz CT molecular complexity index is 1130. The molecular weight excluding hydrogens is 356 g/mol. The molecule has 0 saturated heterocycles. The fraction of sp³-hybridized carbons (Fsp3) is 0.190. The van der Waals surface area contributed by atoms with Crippen LogP contribution in [0.1, 0.15) is 23.0 Å². The number of rotatable bonds is 3. The molecule has 3 rings (SSSR count). The predicted molar refractivity (Wildman–Crippen MR) is 106 cm³/mol. The second kappa shape index (κ2) is 7.18. The normalized spacial score (nSPS) is 12.7. The molecule has 1 aromatic heterocycles. The third-order valence-corrected chi connectivity index (χ3v) is 4.18. The fourth-order valence-corrected chi connectivity index (χ4v) is 2.84. The number of nitrogens with zero attached hydrogens (tertiary/aromatic N) is 3. The number of amides is 2. The van der Waals surface area contributed by atoms with Crippen LogP contribution < -0.4 is 5.73 Å². The van der Waals surface area contributed by atoms with Crippen LogP contribution in [-0.2, 0) is 4.79 Å². The Morgan fingerprint density at radius 2 is 1.89 bits per heavy atom. The Kier molecular flexibility index (Phi) is 4.91. The molecule has 1 heterocycles. The van der Waals surface area contributed by atoms with Crippen LogP contribution in [0.3, 0.4) is 0 Å². The zero-order valence-electron chi connectivity index (χ0n) is 15.8. The molecule has 0 spiro atoms. The molecular formula is C21H20N4O3. The smallest absolute Gasteiger partial charge is 0.269 e. The number of aliphatic hydroxyl groups is 1. The first-order valence-electron chi connectivity index (χ1n) is 8.56. The SMILES string of the molecule is CN(C)C(=O)C(C)(O)C#Cc1cccc(-n2nc(C(N)=O)c3ccccc32)c1. The van der Waals surface area contributed by atoms with Crippen LogP contribution in [0.4, 0.5) is 0 Å². The van der Waals surface area contributed by atoms with Gasteiger partial charge in [-0.25, -0.2) is 4.68 Å². The number of aromatic nitrogens is 2. The van der Waals surface area contributed by atoms with Crippen molar-refractivity contribution in [1.29, 1.82) is 0 Å². The number of primary amides is 1. The van der Waals surface area contributed by atoms with Crippen LogP contribution in [0.25, 0.3) is 16.6 Å². The molecule has 28 heavy (non-hydrogen) atoms. The summed E-state index contributed by atoms with van der Waals surface area (Å²) < 4.78 is 1.61. The van der Waals surface area contributed by atoms with Gasteiger partial charge in [0.1, 0.15) is 0 Å². The molecule has 7 heteroatoms. The van der Waals surface area contributed by atoms with Gasteiger partial charge in [0.05, 0.1) is 11.2 Å². The molecule has 1 unspecified atom stereocenters. The number of carbonyl (C=O) groups excluding carboxylic acids is 2. The van der Waals surface area contributed by atoms with E-state index in [0.717, 1.165) is 5.52 Å². The third-order valence-electron chi connectivity index (χ3n) is 4.18. The maximum Gasteiger partial charge on any atom is 0.269 e. The van der Waals surface area contributed by atoms with E-state index >= 15 is 0 Å². The summed E-state index contributed by atoms with van der Waals surface area (Å²) in [5, 5.41) is 15.3. The summed E-state index contributed by atoms with van der Waals surface area (Å²) in [5.41, 5.74) is 5.84. The molecule has 0 aliphatic carbocycles. The molecule has 2 aromatic carbocycles. The predicted octanol–water partition coefficient (Wildman–Crippen LogP) is 1.32. The lowest BCUT2D eigenvalue weighted by Crippen LogP contribution is -2.42. The first-order chi connectivity index (χ1) is 13.2. The molecule has 142 valence electrons. The molecule has 0 aliphatic heterocycles. The summed E-state index contributed by atoms with van der Waals surface area (Å²) >= 11 is 0. The minimum Gasteiger partial charge on any atom is -0.370 e. The fourth-order valence-electron chi connectivity index (χ4n) is 2.84. The highest BCUT2D eigenvalue weighted by Gasteiger charge is 2.29. The Morgan fingerprint density at radius 1 is 1.18 bits per heavy atom. The number of likely N-dealkylation sites (N-methyl/N-ethyl adjacent to an activating group) is 1. The number of fused-ring (bicyclic) bond motifs is 1. The van der Waals surface area contributed by atoms with Crippen LogP contribution in [0.15, 0.2) is 48.5 Å². The van der Waals surface area contributed by atoms with Crippen molar-refractivity contribution in [3.05, 3.63) is 59.8 Å². The van der Waals surface area contributed by atoms with Crippen molar-refractivity contribution in [3.63, 3.8) is 0 Å². The second-order valence-electron chi connectivity index (χ2n) is 6.71. The summed E-state index contributed by atoms with van der Waals surface area (Å²) in [6, 6.07) is 14.4. The maximum atomic E-state index is 12.0. The highest BCUT2D eigenvalue weighted by Crippen LogP contribution is 2.22. The van der Waals surface area contributed by atoms with Crippen LogP contribution in [0.2, 0.25) is 0 Å². The third kappa shape index (κ3) is 3.59. The number of hydrogen-bond donors (Lipinski definition) is 2. The van der Waals surface area contributed by atoms with Crippen LogP contribution >= 0.6 is 0 Å². The summed E-state index contributed by atoms with van der Waals surface area (Å²) in [6.45, 7) is 1.35. The van der Waals surface area contributed by atoms with Crippen LogP contribution in [0, 0.1) is 11.8 Å². The van der Waals surface area contributed by atoms with E-state index in [0.29, 0.717) is 16.6 Å². The minimum absolute atomic E-state index is 0.187. The largest absolute Gasteiger partial charge is 0.370 e. The Morgan fingerprint density at radius 3 is 2.57 bits per heavy atom. The quantitative estimate of drug-likeness (QED) is 0.673. The zero-order chi connectivity index (χ0) is 20.5. The Labute approximate surface area is 162 Å². The average Bonchev–Trinajstić information content (AvgIpc) is 3.06. The molecule has 3 aromatic rings. The van der Waals surface area contributed by atoms with E-state index in [9.17, 15) is 14.7 Å². The number of carbonyl (C=O) groups is 2. The molecule has 2 amide bonds. The summed E-state index contributed by atoms with van der Waals surface area (Å²) in [7, 11) is 3.11. The molecule has 1 atom stereocenters. The van der Waals surface area contributed by atoms with Gasteiger partial charge in [-0.3, -0.25) is 9.59 Å². The topological polar surface area (TPSA) is 101 Å². The van der Waals surface area contributed by atoms with Gasteiger partial charge in [-0.05, 0) is 31.2 Å². The molecule has 0 radical (unpaired) electrons. The average molecular weight is 376 g/mol. The van der Waals surface area contributed by atoms with Crippen LogP contribution in [-0.4, -0.2) is 51.3 Å². The van der Waals surface area contributed by atoms with E-state index in [2.05, 4.69) is 16.9 Å². The van der Waals surface area contributed by atoms with Gasteiger partial charge in [0.2, 0.25) is 5.60 Å². The van der Waals surface area contributed by atoms with Gasteiger partial charge in [-0.2, -0.15) is 5.10 Å². The van der Waals surface area contributed by atoms with Gasteiger partial charge in [0.25, 0.3) is 11.8 Å². The first-order valence-corrected chi connectivity index (χ1v) is 8.56. The van der Waals surface area contributed by atoms with E-state index in [1.54, 1.807) is 43.0 Å². The molecule has 0 saturated carbocycles. The van der Waals surface area contributed by atoms with Gasteiger partial charge in [-0.15, -0.1) is 0 Å². The number of para-hydroxylation sites is 1. The van der Waals surface area contributed by atoms with E-state index in [1.165, 1.54) is 11.8 Å². The monoisotopic (exact) mass is 376 g/mol. The van der Waals surface area contributed by atoms with E-state index in [4.69, 9.17) is 5.73 Å². The summed E-state index contributed by atoms with van der Waals surface area (Å²) in [5.74, 6) is 4.33.